The predicted molar refractivity (Wildman–Crippen MR) is 65.1 cm³/mol. The molecule has 0 aromatic heterocycles. The summed E-state index contributed by atoms with van der Waals surface area (Å²) in [4.78, 5) is 21.6. The summed E-state index contributed by atoms with van der Waals surface area (Å²) < 4.78 is 49.5. The first kappa shape index (κ1) is 16.9. The van der Waals surface area contributed by atoms with E-state index < -0.39 is 29.9 Å². The van der Waals surface area contributed by atoms with Crippen LogP contribution in [0, 0.1) is 12.7 Å². The molecule has 1 aromatic carbocycles. The molecule has 1 atom stereocenters. The summed E-state index contributed by atoms with van der Waals surface area (Å²) in [6.07, 6.45) is -5.41. The zero-order chi connectivity index (χ0) is 16.2. The summed E-state index contributed by atoms with van der Waals surface area (Å²) in [5.74, 6) is -4.39. The van der Waals surface area contributed by atoms with E-state index >= 15 is 0 Å². The molecule has 0 radical (unpaired) electrons. The monoisotopic (exact) mass is 307 g/mol. The number of carbonyl (C=O) groups excluding carboxylic acids is 1. The molecule has 1 rings (SSSR count). The van der Waals surface area contributed by atoms with Crippen molar-refractivity contribution in [3.05, 3.63) is 35.1 Å². The quantitative estimate of drug-likeness (QED) is 0.820. The molecule has 0 aliphatic rings. The molecule has 0 aliphatic carbocycles. The highest BCUT2D eigenvalue weighted by Crippen LogP contribution is 2.16. The van der Waals surface area contributed by atoms with Gasteiger partial charge in [0.1, 0.15) is 11.9 Å². The number of amides is 1. The maximum Gasteiger partial charge on any atom is 0.471 e. The largest absolute Gasteiger partial charge is 0.480 e. The van der Waals surface area contributed by atoms with Crippen LogP contribution >= 0.6 is 0 Å². The van der Waals surface area contributed by atoms with Crippen molar-refractivity contribution in [1.82, 2.24) is 5.32 Å². The molecule has 0 aliphatic heterocycles. The molecule has 4 nitrogen and oxygen atoms in total. The Bertz CT molecular complexity index is 543. The molecule has 116 valence electrons. The van der Waals surface area contributed by atoms with Crippen molar-refractivity contribution in [1.29, 1.82) is 0 Å². The van der Waals surface area contributed by atoms with Crippen molar-refractivity contribution in [2.75, 3.05) is 0 Å². The maximum absolute atomic E-state index is 13.3. The SMILES string of the molecule is Cc1ccc(CCC(NC(=O)C(F)(F)F)C(=O)O)cc1F. The van der Waals surface area contributed by atoms with Gasteiger partial charge in [0.25, 0.3) is 0 Å². The summed E-state index contributed by atoms with van der Waals surface area (Å²) in [6, 6.07) is 2.51. The summed E-state index contributed by atoms with van der Waals surface area (Å²) in [6.45, 7) is 1.54. The lowest BCUT2D eigenvalue weighted by Crippen LogP contribution is -2.47. The molecular formula is C13H13F4NO3. The number of rotatable bonds is 5. The number of carbonyl (C=O) groups is 2. The van der Waals surface area contributed by atoms with Gasteiger partial charge in [-0.05, 0) is 37.0 Å². The molecule has 1 amide bonds. The first-order valence-corrected chi connectivity index (χ1v) is 5.96. The Morgan fingerprint density at radius 1 is 1.33 bits per heavy atom. The van der Waals surface area contributed by atoms with Gasteiger partial charge >= 0.3 is 18.1 Å². The number of aliphatic carboxylic acids is 1. The second kappa shape index (κ2) is 6.55. The van der Waals surface area contributed by atoms with Gasteiger partial charge in [-0.1, -0.05) is 12.1 Å². The van der Waals surface area contributed by atoms with Crippen LogP contribution in [0.2, 0.25) is 0 Å². The van der Waals surface area contributed by atoms with E-state index in [2.05, 4.69) is 0 Å². The average Bonchev–Trinajstić information content (AvgIpc) is 2.36. The number of hydrogen-bond donors (Lipinski definition) is 2. The number of benzene rings is 1. The van der Waals surface area contributed by atoms with Gasteiger partial charge in [-0.25, -0.2) is 9.18 Å². The van der Waals surface area contributed by atoms with Crippen LogP contribution in [0.15, 0.2) is 18.2 Å². The predicted octanol–water partition coefficient (Wildman–Crippen LogP) is 2.20. The highest BCUT2D eigenvalue weighted by molar-refractivity contribution is 5.86. The summed E-state index contributed by atoms with van der Waals surface area (Å²) in [5, 5.41) is 10.2. The van der Waals surface area contributed by atoms with E-state index in [1.165, 1.54) is 17.4 Å². The van der Waals surface area contributed by atoms with Gasteiger partial charge in [0, 0.05) is 0 Å². The van der Waals surface area contributed by atoms with Crippen LogP contribution in [0.3, 0.4) is 0 Å². The van der Waals surface area contributed by atoms with Crippen molar-refractivity contribution in [2.24, 2.45) is 0 Å². The number of halogens is 4. The number of nitrogens with one attached hydrogen (secondary N) is 1. The average molecular weight is 307 g/mol. The van der Waals surface area contributed by atoms with E-state index in [9.17, 15) is 27.2 Å². The van der Waals surface area contributed by atoms with Gasteiger partial charge in [-0.3, -0.25) is 4.79 Å². The van der Waals surface area contributed by atoms with Crippen molar-refractivity contribution in [2.45, 2.75) is 32.0 Å². The minimum atomic E-state index is -5.15. The Morgan fingerprint density at radius 3 is 2.43 bits per heavy atom. The molecule has 0 spiro atoms. The van der Waals surface area contributed by atoms with Crippen LogP contribution in [0.25, 0.3) is 0 Å². The zero-order valence-corrected chi connectivity index (χ0v) is 11.0. The minimum absolute atomic E-state index is 0.0201. The summed E-state index contributed by atoms with van der Waals surface area (Å²) in [7, 11) is 0. The fourth-order valence-corrected chi connectivity index (χ4v) is 1.60. The lowest BCUT2D eigenvalue weighted by Gasteiger charge is -2.15. The Kier molecular flexibility index (Phi) is 5.28. The second-order valence-electron chi connectivity index (χ2n) is 4.48. The van der Waals surface area contributed by atoms with E-state index in [-0.39, 0.29) is 12.8 Å². The van der Waals surface area contributed by atoms with E-state index in [4.69, 9.17) is 5.11 Å². The van der Waals surface area contributed by atoms with Crippen LogP contribution in [0.5, 0.6) is 0 Å². The number of carboxylic acid groups (broad SMARTS) is 1. The lowest BCUT2D eigenvalue weighted by atomic mass is 10.0. The normalized spacial score (nSPS) is 12.8. The number of aryl methyl sites for hydroxylation is 2. The fraction of sp³-hybridized carbons (Fsp3) is 0.385. The van der Waals surface area contributed by atoms with Gasteiger partial charge in [0.15, 0.2) is 0 Å². The van der Waals surface area contributed by atoms with Crippen LogP contribution in [-0.4, -0.2) is 29.2 Å². The molecule has 0 fully saturated rings. The lowest BCUT2D eigenvalue weighted by molar-refractivity contribution is -0.175. The van der Waals surface area contributed by atoms with E-state index in [1.54, 1.807) is 13.0 Å². The molecule has 0 heterocycles. The topological polar surface area (TPSA) is 66.4 Å². The number of alkyl halides is 3. The molecule has 0 saturated carbocycles. The van der Waals surface area contributed by atoms with Crippen molar-refractivity contribution >= 4 is 11.9 Å². The van der Waals surface area contributed by atoms with Gasteiger partial charge in [-0.2, -0.15) is 13.2 Å². The van der Waals surface area contributed by atoms with Crippen LogP contribution in [0.1, 0.15) is 17.5 Å². The highest BCUT2D eigenvalue weighted by atomic mass is 19.4. The molecule has 0 saturated heterocycles. The maximum atomic E-state index is 13.3. The van der Waals surface area contributed by atoms with Gasteiger partial charge in [0.2, 0.25) is 0 Å². The first-order chi connectivity index (χ1) is 9.61. The minimum Gasteiger partial charge on any atom is -0.480 e. The standard InChI is InChI=1S/C13H13F4NO3/c1-7-2-3-8(6-9(7)14)4-5-10(11(19)20)18-12(21)13(15,16)17/h2-3,6,10H,4-5H2,1H3,(H,18,21)(H,19,20). The smallest absolute Gasteiger partial charge is 0.471 e. The molecule has 21 heavy (non-hydrogen) atoms. The first-order valence-electron chi connectivity index (χ1n) is 5.96. The Hall–Kier alpha value is -2.12. The van der Waals surface area contributed by atoms with Crippen LogP contribution < -0.4 is 5.32 Å². The van der Waals surface area contributed by atoms with E-state index in [0.29, 0.717) is 11.1 Å². The molecule has 1 unspecified atom stereocenters. The van der Waals surface area contributed by atoms with Gasteiger partial charge in [0.05, 0.1) is 0 Å². The Morgan fingerprint density at radius 2 is 1.95 bits per heavy atom. The highest BCUT2D eigenvalue weighted by Gasteiger charge is 2.40. The summed E-state index contributed by atoms with van der Waals surface area (Å²) >= 11 is 0. The van der Waals surface area contributed by atoms with Gasteiger partial charge < -0.3 is 10.4 Å². The summed E-state index contributed by atoms with van der Waals surface area (Å²) in [5.41, 5.74) is 0.838. The molecular weight excluding hydrogens is 294 g/mol. The number of carboxylic acids is 1. The van der Waals surface area contributed by atoms with Crippen molar-refractivity contribution in [3.8, 4) is 0 Å². The molecule has 2 N–H and O–H groups in total. The Balaban J connectivity index is 2.69. The third-order valence-corrected chi connectivity index (χ3v) is 2.82. The molecule has 1 aromatic rings. The van der Waals surface area contributed by atoms with Crippen molar-refractivity contribution in [3.63, 3.8) is 0 Å². The van der Waals surface area contributed by atoms with Crippen molar-refractivity contribution < 1.29 is 32.3 Å². The van der Waals surface area contributed by atoms with Gasteiger partial charge in [-0.15, -0.1) is 0 Å². The second-order valence-corrected chi connectivity index (χ2v) is 4.48. The fourth-order valence-electron chi connectivity index (χ4n) is 1.60. The van der Waals surface area contributed by atoms with E-state index in [0.717, 1.165) is 0 Å². The molecule has 0 bridgehead atoms. The molecule has 8 heteroatoms. The van der Waals surface area contributed by atoms with Crippen LogP contribution in [0.4, 0.5) is 17.6 Å². The Labute approximate surface area is 117 Å². The van der Waals surface area contributed by atoms with Crippen LogP contribution in [-0.2, 0) is 16.0 Å². The third kappa shape index (κ3) is 5.05. The third-order valence-electron chi connectivity index (χ3n) is 2.82. The zero-order valence-electron chi connectivity index (χ0n) is 11.0. The van der Waals surface area contributed by atoms with E-state index in [1.807, 2.05) is 0 Å². The number of hydrogen-bond acceptors (Lipinski definition) is 2.